The molecule has 1 N–H and O–H groups in total. The molecule has 1 amide bonds. The van der Waals surface area contributed by atoms with E-state index in [0.717, 1.165) is 5.56 Å². The molecule has 0 unspecified atom stereocenters. The van der Waals surface area contributed by atoms with Gasteiger partial charge in [-0.3, -0.25) is 14.9 Å². The van der Waals surface area contributed by atoms with Gasteiger partial charge in [0.25, 0.3) is 5.69 Å². The van der Waals surface area contributed by atoms with Crippen molar-refractivity contribution in [3.05, 3.63) is 69.8 Å². The van der Waals surface area contributed by atoms with E-state index in [4.69, 9.17) is 9.47 Å². The van der Waals surface area contributed by atoms with Crippen LogP contribution in [0.15, 0.2) is 48.5 Å². The lowest BCUT2D eigenvalue weighted by Gasteiger charge is -2.17. The smallest absolute Gasteiger partial charge is 0.276 e. The number of amides is 1. The Balaban J connectivity index is 2.10. The van der Waals surface area contributed by atoms with Gasteiger partial charge in [-0.05, 0) is 50.6 Å². The fourth-order valence-corrected chi connectivity index (χ4v) is 2.64. The molecule has 28 heavy (non-hydrogen) atoms. The predicted molar refractivity (Wildman–Crippen MR) is 107 cm³/mol. The third-order valence-electron chi connectivity index (χ3n) is 3.97. The van der Waals surface area contributed by atoms with Crippen molar-refractivity contribution in [2.24, 2.45) is 0 Å². The average Bonchev–Trinajstić information content (AvgIpc) is 2.68. The number of nitro groups is 1. The minimum absolute atomic E-state index is 0.0486. The van der Waals surface area contributed by atoms with Gasteiger partial charge in [-0.2, -0.15) is 0 Å². The molecule has 2 rings (SSSR count). The summed E-state index contributed by atoms with van der Waals surface area (Å²) in [5, 5.41) is 13.9. The quantitative estimate of drug-likeness (QED) is 0.396. The molecule has 2 aromatic carbocycles. The molecule has 0 aliphatic rings. The van der Waals surface area contributed by atoms with Gasteiger partial charge in [-0.1, -0.05) is 18.2 Å². The van der Waals surface area contributed by atoms with E-state index < -0.39 is 4.92 Å². The zero-order valence-electron chi connectivity index (χ0n) is 16.2. The SMILES string of the molecule is CCOc1ccc([C@H](C)NC(=O)/C=C/c2ccccc2[N+](=O)[O-])cc1OCC. The first kappa shape index (κ1) is 21.0. The highest BCUT2D eigenvalue weighted by Crippen LogP contribution is 2.30. The van der Waals surface area contributed by atoms with Gasteiger partial charge in [0.05, 0.1) is 29.7 Å². The summed E-state index contributed by atoms with van der Waals surface area (Å²) in [6.07, 6.45) is 2.72. The summed E-state index contributed by atoms with van der Waals surface area (Å²) in [5.41, 5.74) is 1.18. The molecule has 0 spiro atoms. The normalized spacial score (nSPS) is 11.8. The molecule has 0 saturated carbocycles. The Hall–Kier alpha value is -3.35. The van der Waals surface area contributed by atoms with Crippen LogP contribution in [0.25, 0.3) is 6.08 Å². The highest BCUT2D eigenvalue weighted by atomic mass is 16.6. The number of benzene rings is 2. The maximum Gasteiger partial charge on any atom is 0.276 e. The fourth-order valence-electron chi connectivity index (χ4n) is 2.64. The monoisotopic (exact) mass is 384 g/mol. The van der Waals surface area contributed by atoms with Gasteiger partial charge < -0.3 is 14.8 Å². The molecule has 0 fully saturated rings. The van der Waals surface area contributed by atoms with Crippen molar-refractivity contribution in [3.63, 3.8) is 0 Å². The average molecular weight is 384 g/mol. The van der Waals surface area contributed by atoms with Crippen LogP contribution in [0.5, 0.6) is 11.5 Å². The van der Waals surface area contributed by atoms with Gasteiger partial charge >= 0.3 is 0 Å². The van der Waals surface area contributed by atoms with Crippen molar-refractivity contribution in [3.8, 4) is 11.5 Å². The minimum atomic E-state index is -0.477. The summed E-state index contributed by atoms with van der Waals surface area (Å²) in [5.74, 6) is 0.929. The Labute approximate surface area is 164 Å². The molecule has 0 aliphatic carbocycles. The number of nitro benzene ring substituents is 1. The second kappa shape index (κ2) is 10.1. The van der Waals surface area contributed by atoms with E-state index in [1.807, 2.05) is 39.0 Å². The molecule has 7 heteroatoms. The van der Waals surface area contributed by atoms with E-state index in [2.05, 4.69) is 5.32 Å². The van der Waals surface area contributed by atoms with Crippen LogP contribution in [0.1, 0.15) is 37.9 Å². The molecular formula is C21H24N2O5. The number of carbonyl (C=O) groups is 1. The molecule has 148 valence electrons. The van der Waals surface area contributed by atoms with Gasteiger partial charge in [0.1, 0.15) is 0 Å². The lowest BCUT2D eigenvalue weighted by Crippen LogP contribution is -2.24. The molecule has 0 bridgehead atoms. The number of carbonyl (C=O) groups excluding carboxylic acids is 1. The lowest BCUT2D eigenvalue weighted by atomic mass is 10.1. The molecular weight excluding hydrogens is 360 g/mol. The first-order valence-electron chi connectivity index (χ1n) is 9.07. The largest absolute Gasteiger partial charge is 0.490 e. The lowest BCUT2D eigenvalue weighted by molar-refractivity contribution is -0.385. The first-order chi connectivity index (χ1) is 13.5. The zero-order chi connectivity index (χ0) is 20.5. The van der Waals surface area contributed by atoms with Gasteiger partial charge in [-0.15, -0.1) is 0 Å². The maximum absolute atomic E-state index is 12.2. The number of hydrogen-bond acceptors (Lipinski definition) is 5. The number of ether oxygens (including phenoxy) is 2. The second-order valence-electron chi connectivity index (χ2n) is 5.95. The van der Waals surface area contributed by atoms with Crippen LogP contribution in [0.4, 0.5) is 5.69 Å². The number of hydrogen-bond donors (Lipinski definition) is 1. The third kappa shape index (κ3) is 5.57. The van der Waals surface area contributed by atoms with Crippen LogP contribution in [0, 0.1) is 10.1 Å². The Morgan fingerprint density at radius 3 is 2.50 bits per heavy atom. The van der Waals surface area contributed by atoms with Crippen LogP contribution < -0.4 is 14.8 Å². The van der Waals surface area contributed by atoms with Crippen molar-refractivity contribution < 1.29 is 19.2 Å². The molecule has 0 radical (unpaired) electrons. The molecule has 0 aromatic heterocycles. The number of nitrogens with zero attached hydrogens (tertiary/aromatic N) is 1. The standard InChI is InChI=1S/C21H24N2O5/c1-4-27-19-12-10-17(14-20(19)28-5-2)15(3)22-21(24)13-11-16-8-6-7-9-18(16)23(25)26/h6-15H,4-5H2,1-3H3,(H,22,24)/b13-11+/t15-/m0/s1. The zero-order valence-corrected chi connectivity index (χ0v) is 16.2. The van der Waals surface area contributed by atoms with Crippen molar-refractivity contribution in [1.29, 1.82) is 0 Å². The highest BCUT2D eigenvalue weighted by molar-refractivity contribution is 5.92. The van der Waals surface area contributed by atoms with E-state index in [9.17, 15) is 14.9 Å². The first-order valence-corrected chi connectivity index (χ1v) is 9.07. The molecule has 2 aromatic rings. The second-order valence-corrected chi connectivity index (χ2v) is 5.95. The predicted octanol–water partition coefficient (Wildman–Crippen LogP) is 4.28. The van der Waals surface area contributed by atoms with Gasteiger partial charge in [0.15, 0.2) is 11.5 Å². The summed E-state index contributed by atoms with van der Waals surface area (Å²) in [6, 6.07) is 11.5. The Morgan fingerprint density at radius 1 is 1.14 bits per heavy atom. The van der Waals surface area contributed by atoms with E-state index in [0.29, 0.717) is 30.3 Å². The summed E-state index contributed by atoms with van der Waals surface area (Å²) in [6.45, 7) is 6.67. The minimum Gasteiger partial charge on any atom is -0.490 e. The Kier molecular flexibility index (Phi) is 7.56. The van der Waals surface area contributed by atoms with Crippen LogP contribution in [-0.4, -0.2) is 24.0 Å². The number of para-hydroxylation sites is 1. The van der Waals surface area contributed by atoms with Crippen molar-refractivity contribution >= 4 is 17.7 Å². The molecule has 1 atom stereocenters. The van der Waals surface area contributed by atoms with Crippen LogP contribution >= 0.6 is 0 Å². The Bertz CT molecular complexity index is 864. The van der Waals surface area contributed by atoms with Gasteiger partial charge in [-0.25, -0.2) is 0 Å². The van der Waals surface area contributed by atoms with E-state index in [1.165, 1.54) is 18.2 Å². The summed E-state index contributed by atoms with van der Waals surface area (Å²) in [7, 11) is 0. The maximum atomic E-state index is 12.2. The van der Waals surface area contributed by atoms with Crippen LogP contribution in [0.3, 0.4) is 0 Å². The number of rotatable bonds is 9. The molecule has 0 heterocycles. The molecule has 7 nitrogen and oxygen atoms in total. The van der Waals surface area contributed by atoms with Crippen molar-refractivity contribution in [1.82, 2.24) is 5.32 Å². The number of nitrogens with one attached hydrogen (secondary N) is 1. The van der Waals surface area contributed by atoms with E-state index in [-0.39, 0.29) is 17.6 Å². The highest BCUT2D eigenvalue weighted by Gasteiger charge is 2.13. The van der Waals surface area contributed by atoms with Crippen molar-refractivity contribution in [2.45, 2.75) is 26.8 Å². The van der Waals surface area contributed by atoms with E-state index in [1.54, 1.807) is 18.2 Å². The van der Waals surface area contributed by atoms with E-state index >= 15 is 0 Å². The van der Waals surface area contributed by atoms with Gasteiger partial charge in [0, 0.05) is 12.1 Å². The third-order valence-corrected chi connectivity index (χ3v) is 3.97. The Morgan fingerprint density at radius 2 is 1.82 bits per heavy atom. The fraction of sp³-hybridized carbons (Fsp3) is 0.286. The molecule has 0 aliphatic heterocycles. The topological polar surface area (TPSA) is 90.7 Å². The molecule has 0 saturated heterocycles. The van der Waals surface area contributed by atoms with Gasteiger partial charge in [0.2, 0.25) is 5.91 Å². The van der Waals surface area contributed by atoms with Crippen LogP contribution in [0.2, 0.25) is 0 Å². The van der Waals surface area contributed by atoms with Crippen LogP contribution in [-0.2, 0) is 4.79 Å². The summed E-state index contributed by atoms with van der Waals surface area (Å²) < 4.78 is 11.2. The van der Waals surface area contributed by atoms with Crippen molar-refractivity contribution in [2.75, 3.05) is 13.2 Å². The summed E-state index contributed by atoms with van der Waals surface area (Å²) in [4.78, 5) is 22.8. The summed E-state index contributed by atoms with van der Waals surface area (Å²) >= 11 is 0.